The third-order valence-corrected chi connectivity index (χ3v) is 2.49. The number of para-hydroxylation sites is 1. The summed E-state index contributed by atoms with van der Waals surface area (Å²) in [6.07, 6.45) is -0.516. The fraction of sp³-hybridized carbons (Fsp3) is 0.571. The van der Waals surface area contributed by atoms with Gasteiger partial charge in [-0.25, -0.2) is 4.39 Å². The maximum Gasteiger partial charge on any atom is 0.122 e. The summed E-state index contributed by atoms with van der Waals surface area (Å²) in [6, 6.07) is 7.56. The van der Waals surface area contributed by atoms with Crippen molar-refractivity contribution in [3.05, 3.63) is 29.8 Å². The standard InChI is InChI=1S/C14H22FNO/c1-14(2,3)16-10-12(15)9-11-7-5-6-8-13(11)17-4/h5-8,12,16H,9-10H2,1-4H3. The molecular formula is C14H22FNO. The lowest BCUT2D eigenvalue weighted by atomic mass is 10.1. The number of nitrogens with one attached hydrogen (secondary N) is 1. The van der Waals surface area contributed by atoms with E-state index in [1.165, 1.54) is 0 Å². The molecule has 1 atom stereocenters. The highest BCUT2D eigenvalue weighted by Crippen LogP contribution is 2.19. The summed E-state index contributed by atoms with van der Waals surface area (Å²) in [4.78, 5) is 0. The number of halogens is 1. The smallest absolute Gasteiger partial charge is 0.122 e. The van der Waals surface area contributed by atoms with Crippen LogP contribution in [0, 0.1) is 0 Å². The summed E-state index contributed by atoms with van der Waals surface area (Å²) < 4.78 is 19.0. The summed E-state index contributed by atoms with van der Waals surface area (Å²) in [5.74, 6) is 0.755. The molecule has 0 bridgehead atoms. The first kappa shape index (κ1) is 14.0. The molecule has 1 rings (SSSR count). The van der Waals surface area contributed by atoms with Crippen molar-refractivity contribution in [2.45, 2.75) is 38.9 Å². The molecule has 2 nitrogen and oxygen atoms in total. The molecule has 1 unspecified atom stereocenters. The highest BCUT2D eigenvalue weighted by molar-refractivity contribution is 5.33. The van der Waals surface area contributed by atoms with E-state index in [1.54, 1.807) is 7.11 Å². The van der Waals surface area contributed by atoms with Crippen LogP contribution in [0.2, 0.25) is 0 Å². The SMILES string of the molecule is COc1ccccc1CC(F)CNC(C)(C)C. The molecule has 0 spiro atoms. The lowest BCUT2D eigenvalue weighted by Crippen LogP contribution is -2.40. The molecule has 96 valence electrons. The highest BCUT2D eigenvalue weighted by atomic mass is 19.1. The molecule has 0 saturated heterocycles. The molecule has 17 heavy (non-hydrogen) atoms. The van der Waals surface area contributed by atoms with Crippen LogP contribution < -0.4 is 10.1 Å². The van der Waals surface area contributed by atoms with Crippen LogP contribution in [0.3, 0.4) is 0 Å². The van der Waals surface area contributed by atoms with E-state index in [2.05, 4.69) is 5.32 Å². The van der Waals surface area contributed by atoms with Gasteiger partial charge in [-0.3, -0.25) is 0 Å². The van der Waals surface area contributed by atoms with Crippen LogP contribution >= 0.6 is 0 Å². The van der Waals surface area contributed by atoms with Crippen LogP contribution in [0.5, 0.6) is 5.75 Å². The molecule has 0 radical (unpaired) electrons. The summed E-state index contributed by atoms with van der Waals surface area (Å²) in [5, 5.41) is 3.16. The van der Waals surface area contributed by atoms with Gasteiger partial charge in [0.2, 0.25) is 0 Å². The number of alkyl halides is 1. The van der Waals surface area contributed by atoms with Crippen LogP contribution in [0.15, 0.2) is 24.3 Å². The largest absolute Gasteiger partial charge is 0.496 e. The second-order valence-electron chi connectivity index (χ2n) is 5.24. The van der Waals surface area contributed by atoms with E-state index in [4.69, 9.17) is 4.74 Å². The van der Waals surface area contributed by atoms with E-state index in [9.17, 15) is 4.39 Å². The zero-order chi connectivity index (χ0) is 12.9. The van der Waals surface area contributed by atoms with E-state index in [1.807, 2.05) is 45.0 Å². The number of hydrogen-bond acceptors (Lipinski definition) is 2. The van der Waals surface area contributed by atoms with Crippen molar-refractivity contribution in [3.63, 3.8) is 0 Å². The van der Waals surface area contributed by atoms with E-state index in [-0.39, 0.29) is 5.54 Å². The first-order chi connectivity index (χ1) is 7.92. The van der Waals surface area contributed by atoms with Crippen LogP contribution in [0.25, 0.3) is 0 Å². The highest BCUT2D eigenvalue weighted by Gasteiger charge is 2.15. The number of benzene rings is 1. The van der Waals surface area contributed by atoms with Crippen molar-refractivity contribution in [1.82, 2.24) is 5.32 Å². The van der Waals surface area contributed by atoms with Gasteiger partial charge in [-0.1, -0.05) is 18.2 Å². The molecule has 0 aliphatic heterocycles. The van der Waals surface area contributed by atoms with Crippen LogP contribution in [0.4, 0.5) is 4.39 Å². The molecule has 0 aliphatic carbocycles. The number of rotatable bonds is 5. The monoisotopic (exact) mass is 239 g/mol. The third kappa shape index (κ3) is 5.18. The fourth-order valence-corrected chi connectivity index (χ4v) is 1.60. The van der Waals surface area contributed by atoms with Gasteiger partial charge in [0.15, 0.2) is 0 Å². The lowest BCUT2D eigenvalue weighted by molar-refractivity contribution is 0.282. The minimum Gasteiger partial charge on any atom is -0.496 e. The van der Waals surface area contributed by atoms with Gasteiger partial charge in [-0.15, -0.1) is 0 Å². The molecule has 1 aromatic carbocycles. The van der Waals surface area contributed by atoms with Crippen LogP contribution in [0.1, 0.15) is 26.3 Å². The molecular weight excluding hydrogens is 217 g/mol. The number of ether oxygens (including phenoxy) is 1. The Morgan fingerprint density at radius 3 is 2.53 bits per heavy atom. The Balaban J connectivity index is 2.53. The Bertz CT molecular complexity index is 346. The van der Waals surface area contributed by atoms with Crippen LogP contribution in [-0.2, 0) is 6.42 Å². The molecule has 0 aromatic heterocycles. The fourth-order valence-electron chi connectivity index (χ4n) is 1.60. The van der Waals surface area contributed by atoms with Gasteiger partial charge < -0.3 is 10.1 Å². The van der Waals surface area contributed by atoms with Crippen molar-refractivity contribution in [2.24, 2.45) is 0 Å². The number of hydrogen-bond donors (Lipinski definition) is 1. The van der Waals surface area contributed by atoms with Gasteiger partial charge in [0, 0.05) is 18.5 Å². The molecule has 0 fully saturated rings. The third-order valence-electron chi connectivity index (χ3n) is 2.49. The van der Waals surface area contributed by atoms with Crippen molar-refractivity contribution in [1.29, 1.82) is 0 Å². The van der Waals surface area contributed by atoms with Crippen molar-refractivity contribution < 1.29 is 9.13 Å². The molecule has 0 amide bonds. The Labute approximate surface area is 103 Å². The Kier molecular flexibility index (Phi) is 4.94. The molecule has 0 saturated carbocycles. The molecule has 1 aromatic rings. The first-order valence-corrected chi connectivity index (χ1v) is 5.93. The normalized spacial score (nSPS) is 13.5. The van der Waals surface area contributed by atoms with Gasteiger partial charge in [-0.2, -0.15) is 0 Å². The average Bonchev–Trinajstić information content (AvgIpc) is 2.26. The Morgan fingerprint density at radius 2 is 1.94 bits per heavy atom. The molecule has 0 aliphatic rings. The van der Waals surface area contributed by atoms with E-state index >= 15 is 0 Å². The molecule has 0 heterocycles. The number of methoxy groups -OCH3 is 1. The van der Waals surface area contributed by atoms with E-state index in [0.29, 0.717) is 13.0 Å². The first-order valence-electron chi connectivity index (χ1n) is 5.93. The lowest BCUT2D eigenvalue weighted by Gasteiger charge is -2.22. The second-order valence-corrected chi connectivity index (χ2v) is 5.24. The summed E-state index contributed by atoms with van der Waals surface area (Å²) in [6.45, 7) is 6.45. The summed E-state index contributed by atoms with van der Waals surface area (Å²) in [5.41, 5.74) is 0.865. The minimum absolute atomic E-state index is 0.0505. The quantitative estimate of drug-likeness (QED) is 0.853. The Hall–Kier alpha value is -1.09. The van der Waals surface area contributed by atoms with Crippen LogP contribution in [-0.4, -0.2) is 25.4 Å². The average molecular weight is 239 g/mol. The maximum atomic E-state index is 13.8. The summed E-state index contributed by atoms with van der Waals surface area (Å²) in [7, 11) is 1.61. The van der Waals surface area contributed by atoms with Gasteiger partial charge in [0.05, 0.1) is 7.11 Å². The molecule has 1 N–H and O–H groups in total. The summed E-state index contributed by atoms with van der Waals surface area (Å²) >= 11 is 0. The van der Waals surface area contributed by atoms with Crippen molar-refractivity contribution in [2.75, 3.05) is 13.7 Å². The predicted molar refractivity (Wildman–Crippen MR) is 69.3 cm³/mol. The maximum absolute atomic E-state index is 13.8. The van der Waals surface area contributed by atoms with Crippen molar-refractivity contribution in [3.8, 4) is 5.75 Å². The van der Waals surface area contributed by atoms with Gasteiger partial charge in [0.1, 0.15) is 11.9 Å². The predicted octanol–water partition coefficient (Wildman–Crippen LogP) is 2.96. The topological polar surface area (TPSA) is 21.3 Å². The van der Waals surface area contributed by atoms with Gasteiger partial charge in [-0.05, 0) is 32.4 Å². The van der Waals surface area contributed by atoms with Gasteiger partial charge in [0.25, 0.3) is 0 Å². The zero-order valence-corrected chi connectivity index (χ0v) is 11.1. The molecule has 3 heteroatoms. The van der Waals surface area contributed by atoms with E-state index in [0.717, 1.165) is 11.3 Å². The minimum atomic E-state index is -0.898. The van der Waals surface area contributed by atoms with Gasteiger partial charge >= 0.3 is 0 Å². The van der Waals surface area contributed by atoms with Crippen molar-refractivity contribution >= 4 is 0 Å². The zero-order valence-electron chi connectivity index (χ0n) is 11.1. The second kappa shape index (κ2) is 6.01. The van der Waals surface area contributed by atoms with E-state index < -0.39 is 6.17 Å². The Morgan fingerprint density at radius 1 is 1.29 bits per heavy atom.